The third kappa shape index (κ3) is 5.95. The van der Waals surface area contributed by atoms with Crippen LogP contribution in [0.5, 0.6) is 5.75 Å². The Morgan fingerprint density at radius 1 is 1.25 bits per heavy atom. The fraction of sp³-hybridized carbons (Fsp3) is 0.500. The van der Waals surface area contributed by atoms with Gasteiger partial charge in [0.05, 0.1) is 12.7 Å². The van der Waals surface area contributed by atoms with E-state index in [1.807, 2.05) is 24.3 Å². The minimum Gasteiger partial charge on any atom is -0.497 e. The van der Waals surface area contributed by atoms with Crippen molar-refractivity contribution in [1.82, 2.24) is 5.32 Å². The average Bonchev–Trinajstić information content (AvgIpc) is 2.17. The molecule has 1 rings (SSSR count). The van der Waals surface area contributed by atoms with Crippen LogP contribution < -0.4 is 10.1 Å². The Labute approximate surface area is 103 Å². The lowest BCUT2D eigenvalue weighted by atomic mass is 10.1. The molecule has 0 aliphatic carbocycles. The Balaban J connectivity index is 0.00000225. The zero-order chi connectivity index (χ0) is 11.3. The Hall–Kier alpha value is -0.770. The molecule has 0 saturated heterocycles. The first kappa shape index (κ1) is 15.2. The molecule has 0 amide bonds. The lowest BCUT2D eigenvalue weighted by Crippen LogP contribution is -2.34. The van der Waals surface area contributed by atoms with Gasteiger partial charge in [-0.15, -0.1) is 12.4 Å². The molecule has 0 radical (unpaired) electrons. The van der Waals surface area contributed by atoms with Crippen LogP contribution in [-0.2, 0) is 6.54 Å². The summed E-state index contributed by atoms with van der Waals surface area (Å²) in [6.45, 7) is 4.91. The van der Waals surface area contributed by atoms with Gasteiger partial charge in [-0.05, 0) is 31.5 Å². The molecule has 1 aromatic rings. The standard InChI is InChI=1S/C12H19NO2.ClH/c1-12(2,14)9-13-8-10-4-6-11(15-3)7-5-10;/h4-7,13-14H,8-9H2,1-3H3;1H. The van der Waals surface area contributed by atoms with Crippen molar-refractivity contribution in [2.24, 2.45) is 0 Å². The lowest BCUT2D eigenvalue weighted by molar-refractivity contribution is 0.0795. The van der Waals surface area contributed by atoms with Gasteiger partial charge in [0.15, 0.2) is 0 Å². The van der Waals surface area contributed by atoms with E-state index in [4.69, 9.17) is 4.74 Å². The van der Waals surface area contributed by atoms with Crippen LogP contribution in [0.3, 0.4) is 0 Å². The quantitative estimate of drug-likeness (QED) is 0.834. The van der Waals surface area contributed by atoms with Gasteiger partial charge in [-0.3, -0.25) is 0 Å². The van der Waals surface area contributed by atoms with Crippen molar-refractivity contribution in [3.05, 3.63) is 29.8 Å². The molecule has 0 fully saturated rings. The van der Waals surface area contributed by atoms with Gasteiger partial charge in [-0.2, -0.15) is 0 Å². The molecule has 0 heterocycles. The van der Waals surface area contributed by atoms with Gasteiger partial charge in [0.25, 0.3) is 0 Å². The van der Waals surface area contributed by atoms with Crippen LogP contribution in [0.15, 0.2) is 24.3 Å². The first-order valence-corrected chi connectivity index (χ1v) is 5.07. The highest BCUT2D eigenvalue weighted by Crippen LogP contribution is 2.11. The predicted molar refractivity (Wildman–Crippen MR) is 68.2 cm³/mol. The number of methoxy groups -OCH3 is 1. The molecule has 16 heavy (non-hydrogen) atoms. The summed E-state index contributed by atoms with van der Waals surface area (Å²) in [6.07, 6.45) is 0. The maximum atomic E-state index is 9.50. The first-order valence-electron chi connectivity index (χ1n) is 5.07. The number of nitrogens with one attached hydrogen (secondary N) is 1. The molecule has 2 N–H and O–H groups in total. The van der Waals surface area contributed by atoms with Gasteiger partial charge in [0.2, 0.25) is 0 Å². The molecular formula is C12H20ClNO2. The second-order valence-corrected chi connectivity index (χ2v) is 4.26. The van der Waals surface area contributed by atoms with Crippen molar-refractivity contribution in [2.75, 3.05) is 13.7 Å². The minimum absolute atomic E-state index is 0. The highest BCUT2D eigenvalue weighted by atomic mass is 35.5. The van der Waals surface area contributed by atoms with Crippen LogP contribution >= 0.6 is 12.4 Å². The highest BCUT2D eigenvalue weighted by Gasteiger charge is 2.10. The number of halogens is 1. The predicted octanol–water partition coefficient (Wildman–Crippen LogP) is 1.98. The van der Waals surface area contributed by atoms with Crippen LogP contribution in [0.1, 0.15) is 19.4 Å². The molecular weight excluding hydrogens is 226 g/mol. The largest absolute Gasteiger partial charge is 0.497 e. The van der Waals surface area contributed by atoms with Crippen molar-refractivity contribution in [3.63, 3.8) is 0 Å². The monoisotopic (exact) mass is 245 g/mol. The average molecular weight is 246 g/mol. The summed E-state index contributed by atoms with van der Waals surface area (Å²) in [5, 5.41) is 12.7. The maximum Gasteiger partial charge on any atom is 0.118 e. The second kappa shape index (κ2) is 6.74. The molecule has 0 atom stereocenters. The zero-order valence-electron chi connectivity index (χ0n) is 9.99. The van der Waals surface area contributed by atoms with Crippen molar-refractivity contribution in [3.8, 4) is 5.75 Å². The minimum atomic E-state index is -0.660. The number of hydrogen-bond acceptors (Lipinski definition) is 3. The summed E-state index contributed by atoms with van der Waals surface area (Å²) in [5.74, 6) is 0.862. The normalized spacial score (nSPS) is 10.8. The van der Waals surface area contributed by atoms with Crippen LogP contribution in [0.2, 0.25) is 0 Å². The number of benzene rings is 1. The molecule has 0 bridgehead atoms. The smallest absolute Gasteiger partial charge is 0.118 e. The highest BCUT2D eigenvalue weighted by molar-refractivity contribution is 5.85. The molecule has 0 unspecified atom stereocenters. The van der Waals surface area contributed by atoms with Gasteiger partial charge in [-0.25, -0.2) is 0 Å². The first-order chi connectivity index (χ1) is 7.01. The molecule has 92 valence electrons. The number of rotatable bonds is 5. The summed E-state index contributed by atoms with van der Waals surface area (Å²) in [4.78, 5) is 0. The van der Waals surface area contributed by atoms with Crippen LogP contribution in [-0.4, -0.2) is 24.4 Å². The van der Waals surface area contributed by atoms with Crippen molar-refractivity contribution in [1.29, 1.82) is 0 Å². The van der Waals surface area contributed by atoms with Gasteiger partial charge in [0, 0.05) is 13.1 Å². The topological polar surface area (TPSA) is 41.5 Å². The Morgan fingerprint density at radius 3 is 2.25 bits per heavy atom. The van der Waals surface area contributed by atoms with Crippen LogP contribution in [0.4, 0.5) is 0 Å². The van der Waals surface area contributed by atoms with Crippen molar-refractivity contribution >= 4 is 12.4 Å². The van der Waals surface area contributed by atoms with E-state index < -0.39 is 5.60 Å². The Morgan fingerprint density at radius 2 is 1.81 bits per heavy atom. The summed E-state index contributed by atoms with van der Waals surface area (Å²) in [5.41, 5.74) is 0.520. The number of ether oxygens (including phenoxy) is 1. The van der Waals surface area contributed by atoms with E-state index in [1.54, 1.807) is 21.0 Å². The summed E-state index contributed by atoms with van der Waals surface area (Å²) < 4.78 is 5.07. The van der Waals surface area contributed by atoms with Gasteiger partial charge < -0.3 is 15.2 Å². The number of aliphatic hydroxyl groups is 1. The van der Waals surface area contributed by atoms with E-state index in [0.29, 0.717) is 6.54 Å². The third-order valence-corrected chi connectivity index (χ3v) is 2.05. The van der Waals surface area contributed by atoms with E-state index in [0.717, 1.165) is 12.3 Å². The third-order valence-electron chi connectivity index (χ3n) is 2.05. The zero-order valence-corrected chi connectivity index (χ0v) is 10.8. The maximum absolute atomic E-state index is 9.50. The van der Waals surface area contributed by atoms with Crippen molar-refractivity contribution in [2.45, 2.75) is 26.0 Å². The van der Waals surface area contributed by atoms with E-state index in [9.17, 15) is 5.11 Å². The molecule has 0 aliphatic rings. The van der Waals surface area contributed by atoms with Crippen LogP contribution in [0.25, 0.3) is 0 Å². The Bertz CT molecular complexity index is 293. The summed E-state index contributed by atoms with van der Waals surface area (Å²) in [7, 11) is 1.65. The van der Waals surface area contributed by atoms with Gasteiger partial charge in [-0.1, -0.05) is 12.1 Å². The molecule has 0 aliphatic heterocycles. The molecule has 4 heteroatoms. The van der Waals surface area contributed by atoms with Gasteiger partial charge in [0.1, 0.15) is 5.75 Å². The fourth-order valence-corrected chi connectivity index (χ4v) is 1.26. The molecule has 0 saturated carbocycles. The van der Waals surface area contributed by atoms with E-state index in [1.165, 1.54) is 5.56 Å². The SMILES string of the molecule is COc1ccc(CNCC(C)(C)O)cc1.Cl. The molecule has 0 aromatic heterocycles. The van der Waals surface area contributed by atoms with E-state index >= 15 is 0 Å². The van der Waals surface area contributed by atoms with Crippen LogP contribution in [0, 0.1) is 0 Å². The second-order valence-electron chi connectivity index (χ2n) is 4.26. The van der Waals surface area contributed by atoms with Crippen molar-refractivity contribution < 1.29 is 9.84 Å². The summed E-state index contributed by atoms with van der Waals surface area (Å²) >= 11 is 0. The van der Waals surface area contributed by atoms with Gasteiger partial charge >= 0.3 is 0 Å². The molecule has 3 nitrogen and oxygen atoms in total. The molecule has 1 aromatic carbocycles. The molecule has 0 spiro atoms. The summed E-state index contributed by atoms with van der Waals surface area (Å²) in [6, 6.07) is 7.88. The fourth-order valence-electron chi connectivity index (χ4n) is 1.26. The lowest BCUT2D eigenvalue weighted by Gasteiger charge is -2.17. The van der Waals surface area contributed by atoms with E-state index in [-0.39, 0.29) is 12.4 Å². The van der Waals surface area contributed by atoms with E-state index in [2.05, 4.69) is 5.32 Å². The Kier molecular flexibility index (Phi) is 6.41. The number of hydrogen-bond donors (Lipinski definition) is 2.